The van der Waals surface area contributed by atoms with Gasteiger partial charge in [0.1, 0.15) is 5.52 Å². The largest absolute Gasteiger partial charge is 0.355 e. The SMILES string of the molecule is CNC(=O)c1cc(Nc2nc(-c3ccc4c(c3)N(C3CC(N5CCCC6(CC6)C5)C3)C(=O)C43CCN(C(C)=O)CC3)cc3ncn(C4CC4)c23)ccc1C. The highest BCUT2D eigenvalue weighted by atomic mass is 16.2. The molecule has 11 nitrogen and oxygen atoms in total. The molecule has 3 amide bonds. The van der Waals surface area contributed by atoms with Crippen LogP contribution in [0, 0.1) is 12.3 Å². The van der Waals surface area contributed by atoms with Gasteiger partial charge < -0.3 is 25.0 Å². The van der Waals surface area contributed by atoms with E-state index in [1.54, 1.807) is 14.0 Å². The van der Waals surface area contributed by atoms with Gasteiger partial charge in [-0.15, -0.1) is 0 Å². The molecule has 10 rings (SSSR count). The van der Waals surface area contributed by atoms with E-state index in [4.69, 9.17) is 9.97 Å². The Hall–Kier alpha value is -4.77. The molecule has 280 valence electrons. The summed E-state index contributed by atoms with van der Waals surface area (Å²) >= 11 is 0. The Balaban J connectivity index is 1.02. The fourth-order valence-electron chi connectivity index (χ4n) is 10.2. The molecule has 3 aliphatic heterocycles. The molecule has 2 N–H and O–H groups in total. The van der Waals surface area contributed by atoms with E-state index in [0.717, 1.165) is 70.5 Å². The van der Waals surface area contributed by atoms with E-state index in [9.17, 15) is 14.4 Å². The average molecular weight is 727 g/mol. The van der Waals surface area contributed by atoms with Crippen molar-refractivity contribution in [2.24, 2.45) is 5.41 Å². The lowest BCUT2D eigenvalue weighted by Gasteiger charge is -2.49. The number of likely N-dealkylation sites (tertiary alicyclic amines) is 2. The van der Waals surface area contributed by atoms with Crippen LogP contribution in [-0.2, 0) is 15.0 Å². The molecule has 54 heavy (non-hydrogen) atoms. The standard InChI is InChI=1S/C43H50N8O3/c1-26-5-7-29(20-33(26)40(53)44-3)46-39-38-36(45-25-50(38)30-8-9-30)23-35(47-39)28-6-10-34-37(19-28)51(41(54)43(34)14-17-48(18-15-43)27(2)52)32-21-31(22-32)49-16-4-11-42(24-49)12-13-42/h5-7,10,19-20,23,25,30-32H,4,8-9,11-18,21-22,24H2,1-3H3,(H,44,53)(H,46,47). The van der Waals surface area contributed by atoms with Gasteiger partial charge in [0.05, 0.1) is 23.0 Å². The second-order valence-electron chi connectivity index (χ2n) is 17.2. The Bertz CT molecular complexity index is 2210. The van der Waals surface area contributed by atoms with Crippen LogP contribution in [0.1, 0.15) is 98.7 Å². The predicted octanol–water partition coefficient (Wildman–Crippen LogP) is 6.48. The van der Waals surface area contributed by atoms with Gasteiger partial charge in [0.15, 0.2) is 5.82 Å². The fraction of sp³-hybridized carbons (Fsp3) is 0.512. The van der Waals surface area contributed by atoms with Gasteiger partial charge in [-0.25, -0.2) is 9.97 Å². The number of nitrogens with one attached hydrogen (secondary N) is 2. The van der Waals surface area contributed by atoms with Crippen molar-refractivity contribution < 1.29 is 14.4 Å². The molecule has 0 unspecified atom stereocenters. The molecule has 2 aromatic carbocycles. The van der Waals surface area contributed by atoms with Crippen molar-refractivity contribution in [1.82, 2.24) is 29.7 Å². The number of fused-ring (bicyclic) bond motifs is 3. The summed E-state index contributed by atoms with van der Waals surface area (Å²) < 4.78 is 2.23. The quantitative estimate of drug-likeness (QED) is 0.224. The Morgan fingerprint density at radius 1 is 0.907 bits per heavy atom. The van der Waals surface area contributed by atoms with Crippen molar-refractivity contribution in [3.8, 4) is 11.3 Å². The van der Waals surface area contributed by atoms with Gasteiger partial charge in [0.25, 0.3) is 5.91 Å². The fourth-order valence-corrected chi connectivity index (χ4v) is 10.2. The van der Waals surface area contributed by atoms with Gasteiger partial charge in [0.2, 0.25) is 11.8 Å². The maximum atomic E-state index is 14.9. The molecule has 2 spiro atoms. The van der Waals surface area contributed by atoms with Crippen molar-refractivity contribution in [1.29, 1.82) is 0 Å². The van der Waals surface area contributed by atoms with E-state index in [1.807, 2.05) is 36.4 Å². The molecule has 3 saturated carbocycles. The van der Waals surface area contributed by atoms with Crippen LogP contribution in [0.15, 0.2) is 48.8 Å². The number of pyridine rings is 1. The molecule has 0 bridgehead atoms. The van der Waals surface area contributed by atoms with Gasteiger partial charge in [-0.1, -0.05) is 18.2 Å². The Morgan fingerprint density at radius 2 is 1.70 bits per heavy atom. The first-order valence-electron chi connectivity index (χ1n) is 20.1. The summed E-state index contributed by atoms with van der Waals surface area (Å²) in [6.07, 6.45) is 12.9. The number of anilines is 3. The number of piperidine rings is 2. The zero-order chi connectivity index (χ0) is 36.9. The van der Waals surface area contributed by atoms with Crippen LogP contribution in [0.25, 0.3) is 22.3 Å². The van der Waals surface area contributed by atoms with Gasteiger partial charge in [0, 0.05) is 74.2 Å². The highest BCUT2D eigenvalue weighted by molar-refractivity contribution is 6.09. The van der Waals surface area contributed by atoms with E-state index in [0.29, 0.717) is 54.8 Å². The molecule has 6 aliphatic rings. The van der Waals surface area contributed by atoms with E-state index in [1.165, 1.54) is 38.8 Å². The molecule has 11 heteroatoms. The van der Waals surface area contributed by atoms with Crippen LogP contribution in [0.5, 0.6) is 0 Å². The minimum Gasteiger partial charge on any atom is -0.355 e. The summed E-state index contributed by atoms with van der Waals surface area (Å²) in [5.41, 5.74) is 7.87. The number of rotatable bonds is 7. The predicted molar refractivity (Wildman–Crippen MR) is 209 cm³/mol. The number of benzene rings is 2. The van der Waals surface area contributed by atoms with Gasteiger partial charge in [-0.2, -0.15) is 0 Å². The van der Waals surface area contributed by atoms with Crippen LogP contribution >= 0.6 is 0 Å². The first-order valence-corrected chi connectivity index (χ1v) is 20.1. The maximum absolute atomic E-state index is 14.9. The van der Waals surface area contributed by atoms with Gasteiger partial charge in [-0.3, -0.25) is 19.3 Å². The summed E-state index contributed by atoms with van der Waals surface area (Å²) in [6, 6.07) is 15.5. The Morgan fingerprint density at radius 3 is 2.43 bits per heavy atom. The second-order valence-corrected chi connectivity index (χ2v) is 17.2. The molecule has 3 aliphatic carbocycles. The van der Waals surface area contributed by atoms with Crippen LogP contribution < -0.4 is 15.5 Å². The van der Waals surface area contributed by atoms with Crippen LogP contribution in [0.2, 0.25) is 0 Å². The zero-order valence-corrected chi connectivity index (χ0v) is 31.7. The number of amides is 3. The van der Waals surface area contributed by atoms with Crippen LogP contribution in [0.3, 0.4) is 0 Å². The molecule has 5 heterocycles. The number of aryl methyl sites for hydroxylation is 1. The third-order valence-electron chi connectivity index (χ3n) is 13.8. The summed E-state index contributed by atoms with van der Waals surface area (Å²) in [4.78, 5) is 56.8. The van der Waals surface area contributed by atoms with Crippen molar-refractivity contribution in [3.63, 3.8) is 0 Å². The first-order chi connectivity index (χ1) is 26.1. The summed E-state index contributed by atoms with van der Waals surface area (Å²) in [7, 11) is 1.65. The third-order valence-corrected chi connectivity index (χ3v) is 13.8. The number of imidazole rings is 1. The van der Waals surface area contributed by atoms with E-state index >= 15 is 0 Å². The molecule has 0 atom stereocenters. The smallest absolute Gasteiger partial charge is 0.251 e. The highest BCUT2D eigenvalue weighted by Gasteiger charge is 2.56. The topological polar surface area (TPSA) is 116 Å². The molecular formula is C43H50N8O3. The third kappa shape index (κ3) is 5.44. The minimum atomic E-state index is -0.616. The number of hydrogen-bond donors (Lipinski definition) is 2. The number of carbonyl (C=O) groups is 3. The maximum Gasteiger partial charge on any atom is 0.251 e. The number of aromatic nitrogens is 3. The van der Waals surface area contributed by atoms with Crippen molar-refractivity contribution in [2.75, 3.05) is 43.4 Å². The van der Waals surface area contributed by atoms with E-state index < -0.39 is 5.41 Å². The summed E-state index contributed by atoms with van der Waals surface area (Å²) in [6.45, 7) is 7.15. The molecule has 2 aromatic heterocycles. The number of carbonyl (C=O) groups excluding carboxylic acids is 3. The summed E-state index contributed by atoms with van der Waals surface area (Å²) in [5, 5.41) is 6.32. The van der Waals surface area contributed by atoms with Crippen LogP contribution in [-0.4, -0.2) is 87.4 Å². The lowest BCUT2D eigenvalue weighted by atomic mass is 9.73. The van der Waals surface area contributed by atoms with Gasteiger partial charge in [-0.05, 0) is 118 Å². The van der Waals surface area contributed by atoms with E-state index in [-0.39, 0.29) is 23.8 Å². The van der Waals surface area contributed by atoms with Crippen LogP contribution in [0.4, 0.5) is 17.2 Å². The lowest BCUT2D eigenvalue weighted by molar-refractivity contribution is -0.134. The number of hydrogen-bond acceptors (Lipinski definition) is 7. The molecule has 2 saturated heterocycles. The lowest BCUT2D eigenvalue weighted by Crippen LogP contribution is -2.59. The van der Waals surface area contributed by atoms with Crippen molar-refractivity contribution in [2.45, 2.75) is 102 Å². The van der Waals surface area contributed by atoms with E-state index in [2.05, 4.69) is 49.3 Å². The monoisotopic (exact) mass is 726 g/mol. The second kappa shape index (κ2) is 12.4. The number of nitrogens with zero attached hydrogens (tertiary/aromatic N) is 6. The average Bonchev–Trinajstić information content (AvgIpc) is 4.09. The molecule has 0 radical (unpaired) electrons. The highest BCUT2D eigenvalue weighted by Crippen LogP contribution is 2.55. The first kappa shape index (κ1) is 33.8. The molecule has 4 aromatic rings. The normalized spacial score (nSPS) is 24.2. The summed E-state index contributed by atoms with van der Waals surface area (Å²) in [5.74, 6) is 0.842. The zero-order valence-electron chi connectivity index (χ0n) is 31.7. The Kier molecular flexibility index (Phi) is 7.74. The van der Waals surface area contributed by atoms with Crippen molar-refractivity contribution in [3.05, 3.63) is 65.5 Å². The molecule has 5 fully saturated rings. The molecular weight excluding hydrogens is 677 g/mol. The Labute approximate surface area is 316 Å². The van der Waals surface area contributed by atoms with Crippen molar-refractivity contribution >= 4 is 45.9 Å². The minimum absolute atomic E-state index is 0.0741. The van der Waals surface area contributed by atoms with Gasteiger partial charge >= 0.3 is 0 Å².